The average Bonchev–Trinajstić information content (AvgIpc) is 2.30. The Morgan fingerprint density at radius 3 is 1.87 bits per heavy atom. The molecule has 1 nitrogen and oxygen atoms in total. The van der Waals surface area contributed by atoms with Crippen LogP contribution >= 0.6 is 0 Å². The highest BCUT2D eigenvalue weighted by atomic mass is 15.1. The lowest BCUT2D eigenvalue weighted by atomic mass is 9.66. The second-order valence-electron chi connectivity index (χ2n) is 5.49. The average molecular weight is 211 g/mol. The SMILES string of the molecule is CC.CC1CCC2(CC1)CCN(C)CC2. The zero-order valence-corrected chi connectivity index (χ0v) is 11.2. The second-order valence-corrected chi connectivity index (χ2v) is 5.49. The van der Waals surface area contributed by atoms with Crippen molar-refractivity contribution in [2.75, 3.05) is 20.1 Å². The molecule has 0 aromatic rings. The van der Waals surface area contributed by atoms with Crippen LogP contribution in [0.25, 0.3) is 0 Å². The van der Waals surface area contributed by atoms with E-state index in [0.29, 0.717) is 0 Å². The highest BCUT2D eigenvalue weighted by Crippen LogP contribution is 2.45. The van der Waals surface area contributed by atoms with E-state index < -0.39 is 0 Å². The molecule has 15 heavy (non-hydrogen) atoms. The van der Waals surface area contributed by atoms with E-state index in [2.05, 4.69) is 18.9 Å². The summed E-state index contributed by atoms with van der Waals surface area (Å²) in [4.78, 5) is 2.49. The number of hydrogen-bond acceptors (Lipinski definition) is 1. The summed E-state index contributed by atoms with van der Waals surface area (Å²) in [5.74, 6) is 1.00. The van der Waals surface area contributed by atoms with Crippen LogP contribution in [0.5, 0.6) is 0 Å². The lowest BCUT2D eigenvalue weighted by Gasteiger charge is -2.44. The predicted octanol–water partition coefficient (Wildman–Crippen LogP) is 3.93. The van der Waals surface area contributed by atoms with Crippen LogP contribution in [0.1, 0.15) is 59.3 Å². The van der Waals surface area contributed by atoms with Crippen LogP contribution in [0.4, 0.5) is 0 Å². The van der Waals surface area contributed by atoms with Crippen LogP contribution < -0.4 is 0 Å². The van der Waals surface area contributed by atoms with Crippen molar-refractivity contribution in [3.63, 3.8) is 0 Å². The van der Waals surface area contributed by atoms with E-state index in [1.54, 1.807) is 0 Å². The molecular weight excluding hydrogens is 182 g/mol. The summed E-state index contributed by atoms with van der Waals surface area (Å²) in [6, 6.07) is 0. The number of hydrogen-bond donors (Lipinski definition) is 0. The van der Waals surface area contributed by atoms with Gasteiger partial charge in [-0.05, 0) is 57.2 Å². The van der Waals surface area contributed by atoms with Crippen molar-refractivity contribution in [3.8, 4) is 0 Å². The van der Waals surface area contributed by atoms with E-state index in [9.17, 15) is 0 Å². The summed E-state index contributed by atoms with van der Waals surface area (Å²) in [5.41, 5.74) is 0.777. The standard InChI is InChI=1S/C12H23N.C2H6/c1-11-3-5-12(6-4-11)7-9-13(2)10-8-12;1-2/h11H,3-10H2,1-2H3;1-2H3. The predicted molar refractivity (Wildman–Crippen MR) is 68.1 cm³/mol. The van der Waals surface area contributed by atoms with Gasteiger partial charge in [0.2, 0.25) is 0 Å². The van der Waals surface area contributed by atoms with Gasteiger partial charge in [-0.1, -0.05) is 33.6 Å². The third kappa shape index (κ3) is 3.48. The molecule has 0 radical (unpaired) electrons. The number of piperidine rings is 1. The van der Waals surface area contributed by atoms with Crippen molar-refractivity contribution in [1.82, 2.24) is 4.90 Å². The summed E-state index contributed by atoms with van der Waals surface area (Å²) in [6.45, 7) is 9.10. The fraction of sp³-hybridized carbons (Fsp3) is 1.00. The van der Waals surface area contributed by atoms with E-state index >= 15 is 0 Å². The number of rotatable bonds is 0. The third-order valence-electron chi connectivity index (χ3n) is 4.38. The first-order valence-corrected chi connectivity index (χ1v) is 6.89. The zero-order valence-electron chi connectivity index (χ0n) is 11.2. The minimum atomic E-state index is 0.777. The van der Waals surface area contributed by atoms with Crippen molar-refractivity contribution in [3.05, 3.63) is 0 Å². The first-order chi connectivity index (χ1) is 7.20. The summed E-state index contributed by atoms with van der Waals surface area (Å²) in [5, 5.41) is 0. The number of nitrogens with zero attached hydrogens (tertiary/aromatic N) is 1. The van der Waals surface area contributed by atoms with Crippen molar-refractivity contribution in [2.45, 2.75) is 59.3 Å². The fourth-order valence-corrected chi connectivity index (χ4v) is 2.97. The maximum Gasteiger partial charge on any atom is -0.00165 e. The Balaban J connectivity index is 0.000000531. The van der Waals surface area contributed by atoms with E-state index in [-0.39, 0.29) is 0 Å². The maximum absolute atomic E-state index is 2.49. The minimum Gasteiger partial charge on any atom is -0.306 e. The molecule has 0 N–H and O–H groups in total. The number of likely N-dealkylation sites (tertiary alicyclic amines) is 1. The zero-order chi connectivity index (χ0) is 11.3. The quantitative estimate of drug-likeness (QED) is 0.587. The Morgan fingerprint density at radius 1 is 0.933 bits per heavy atom. The molecule has 1 saturated carbocycles. The second kappa shape index (κ2) is 5.89. The Kier molecular flexibility index (Phi) is 5.11. The maximum atomic E-state index is 2.49. The summed E-state index contributed by atoms with van der Waals surface area (Å²) in [7, 11) is 2.26. The molecule has 0 unspecified atom stereocenters. The van der Waals surface area contributed by atoms with Crippen LogP contribution in [-0.2, 0) is 0 Å². The molecule has 1 aliphatic heterocycles. The lowest BCUT2D eigenvalue weighted by molar-refractivity contribution is 0.0658. The normalized spacial score (nSPS) is 27.2. The van der Waals surface area contributed by atoms with E-state index in [0.717, 1.165) is 11.3 Å². The topological polar surface area (TPSA) is 3.24 Å². The molecule has 1 spiro atoms. The molecular formula is C14H29N. The molecule has 90 valence electrons. The van der Waals surface area contributed by atoms with Crippen molar-refractivity contribution in [2.24, 2.45) is 11.3 Å². The van der Waals surface area contributed by atoms with Gasteiger partial charge in [-0.25, -0.2) is 0 Å². The van der Waals surface area contributed by atoms with Gasteiger partial charge >= 0.3 is 0 Å². The molecule has 1 aliphatic carbocycles. The molecule has 1 saturated heterocycles. The highest BCUT2D eigenvalue weighted by molar-refractivity contribution is 4.88. The van der Waals surface area contributed by atoms with Gasteiger partial charge in [0.05, 0.1) is 0 Å². The first kappa shape index (κ1) is 13.0. The van der Waals surface area contributed by atoms with Crippen LogP contribution in [0.15, 0.2) is 0 Å². The molecule has 1 heteroatoms. The van der Waals surface area contributed by atoms with Crippen LogP contribution in [0.2, 0.25) is 0 Å². The molecule has 2 fully saturated rings. The monoisotopic (exact) mass is 211 g/mol. The van der Waals surface area contributed by atoms with Gasteiger partial charge in [-0.2, -0.15) is 0 Å². The van der Waals surface area contributed by atoms with E-state index in [1.165, 1.54) is 51.6 Å². The molecule has 0 atom stereocenters. The van der Waals surface area contributed by atoms with E-state index in [1.807, 2.05) is 13.8 Å². The molecule has 0 aromatic heterocycles. The molecule has 2 rings (SSSR count). The van der Waals surface area contributed by atoms with Crippen LogP contribution in [0, 0.1) is 11.3 Å². The van der Waals surface area contributed by atoms with Crippen molar-refractivity contribution >= 4 is 0 Å². The van der Waals surface area contributed by atoms with Gasteiger partial charge in [-0.15, -0.1) is 0 Å². The highest BCUT2D eigenvalue weighted by Gasteiger charge is 2.36. The van der Waals surface area contributed by atoms with Gasteiger partial charge in [0.1, 0.15) is 0 Å². The van der Waals surface area contributed by atoms with Crippen molar-refractivity contribution in [1.29, 1.82) is 0 Å². The van der Waals surface area contributed by atoms with Gasteiger partial charge in [0.25, 0.3) is 0 Å². The van der Waals surface area contributed by atoms with Gasteiger partial charge in [0.15, 0.2) is 0 Å². The van der Waals surface area contributed by atoms with Crippen LogP contribution in [-0.4, -0.2) is 25.0 Å². The third-order valence-corrected chi connectivity index (χ3v) is 4.38. The van der Waals surface area contributed by atoms with Gasteiger partial charge in [-0.3, -0.25) is 0 Å². The molecule has 1 heterocycles. The molecule has 0 amide bonds. The molecule has 2 aliphatic rings. The Hall–Kier alpha value is -0.0400. The van der Waals surface area contributed by atoms with Gasteiger partial charge < -0.3 is 4.90 Å². The van der Waals surface area contributed by atoms with E-state index in [4.69, 9.17) is 0 Å². The summed E-state index contributed by atoms with van der Waals surface area (Å²) in [6.07, 6.45) is 8.95. The first-order valence-electron chi connectivity index (χ1n) is 6.89. The van der Waals surface area contributed by atoms with Crippen molar-refractivity contribution < 1.29 is 0 Å². The smallest absolute Gasteiger partial charge is 0.00165 e. The largest absolute Gasteiger partial charge is 0.306 e. The van der Waals surface area contributed by atoms with Gasteiger partial charge in [0, 0.05) is 0 Å². The summed E-state index contributed by atoms with van der Waals surface area (Å²) >= 11 is 0. The molecule has 0 aromatic carbocycles. The lowest BCUT2D eigenvalue weighted by Crippen LogP contribution is -2.39. The Morgan fingerprint density at radius 2 is 1.40 bits per heavy atom. The minimum absolute atomic E-state index is 0.777. The Bertz CT molecular complexity index is 137. The molecule has 0 bridgehead atoms. The summed E-state index contributed by atoms with van der Waals surface area (Å²) < 4.78 is 0. The van der Waals surface area contributed by atoms with Crippen LogP contribution in [0.3, 0.4) is 0 Å². The fourth-order valence-electron chi connectivity index (χ4n) is 2.97. The Labute approximate surface area is 96.2 Å².